The van der Waals surface area contributed by atoms with E-state index >= 15 is 0 Å². The third-order valence-corrected chi connectivity index (χ3v) is 5.08. The number of rotatable bonds is 6. The van der Waals surface area contributed by atoms with Gasteiger partial charge in [0.25, 0.3) is 5.91 Å². The number of nitrogens with zero attached hydrogens (tertiary/aromatic N) is 2. The maximum atomic E-state index is 12.9. The Morgan fingerprint density at radius 2 is 2.00 bits per heavy atom. The summed E-state index contributed by atoms with van der Waals surface area (Å²) in [6.45, 7) is 1.65. The molecule has 142 valence electrons. The molecular formula is C19H23N5O3. The quantitative estimate of drug-likeness (QED) is 0.715. The van der Waals surface area contributed by atoms with Crippen LogP contribution in [-0.2, 0) is 4.79 Å². The largest absolute Gasteiger partial charge is 0.360 e. The fraction of sp³-hybridized carbons (Fsp3) is 0.474. The first kappa shape index (κ1) is 17.7. The second-order valence-corrected chi connectivity index (χ2v) is 7.13. The fourth-order valence-corrected chi connectivity index (χ4v) is 3.39. The second-order valence-electron chi connectivity index (χ2n) is 7.13. The molecule has 2 aromatic heterocycles. The number of carbonyl (C=O) groups excluding carboxylic acids is 2. The lowest BCUT2D eigenvalue weighted by atomic mass is 9.89. The predicted molar refractivity (Wildman–Crippen MR) is 98.2 cm³/mol. The minimum Gasteiger partial charge on any atom is -0.360 e. The van der Waals surface area contributed by atoms with E-state index in [0.717, 1.165) is 44.5 Å². The molecule has 3 N–H and O–H groups in total. The summed E-state index contributed by atoms with van der Waals surface area (Å²) >= 11 is 0. The zero-order chi connectivity index (χ0) is 18.6. The molecule has 2 fully saturated rings. The first-order valence-corrected chi connectivity index (χ1v) is 9.41. The number of aromatic nitrogens is 2. The predicted octanol–water partition coefficient (Wildman–Crippen LogP) is 1.68. The molecule has 0 spiro atoms. The highest BCUT2D eigenvalue weighted by Gasteiger charge is 2.33. The lowest BCUT2D eigenvalue weighted by molar-refractivity contribution is -0.119. The van der Waals surface area contributed by atoms with E-state index in [-0.39, 0.29) is 23.4 Å². The molecule has 1 saturated heterocycles. The minimum atomic E-state index is -0.650. The highest BCUT2D eigenvalue weighted by molar-refractivity contribution is 6.00. The maximum Gasteiger partial charge on any atom is 0.274 e. The van der Waals surface area contributed by atoms with Gasteiger partial charge in [-0.3, -0.25) is 9.59 Å². The molecule has 0 radical (unpaired) electrons. The minimum absolute atomic E-state index is 0.0497. The van der Waals surface area contributed by atoms with Crippen LogP contribution in [0.25, 0.3) is 0 Å². The molecular weight excluding hydrogens is 346 g/mol. The molecule has 1 atom stereocenters. The summed E-state index contributed by atoms with van der Waals surface area (Å²) in [6.07, 6.45) is 5.38. The highest BCUT2D eigenvalue weighted by atomic mass is 16.5. The monoisotopic (exact) mass is 369 g/mol. The number of anilines is 1. The molecule has 8 nitrogen and oxygen atoms in total. The van der Waals surface area contributed by atoms with Crippen LogP contribution in [-0.4, -0.2) is 41.1 Å². The van der Waals surface area contributed by atoms with Gasteiger partial charge in [0.2, 0.25) is 5.91 Å². The van der Waals surface area contributed by atoms with Crippen LogP contribution in [0.2, 0.25) is 0 Å². The maximum absolute atomic E-state index is 12.9. The zero-order valence-electron chi connectivity index (χ0n) is 15.0. The number of hydrogen-bond acceptors (Lipinski definition) is 6. The number of piperidine rings is 1. The fourth-order valence-electron chi connectivity index (χ4n) is 3.39. The lowest BCUT2D eigenvalue weighted by Crippen LogP contribution is -2.51. The summed E-state index contributed by atoms with van der Waals surface area (Å²) < 4.78 is 5.26. The van der Waals surface area contributed by atoms with Gasteiger partial charge in [-0.25, -0.2) is 4.98 Å². The summed E-state index contributed by atoms with van der Waals surface area (Å²) in [5, 5.41) is 12.8. The van der Waals surface area contributed by atoms with Crippen molar-refractivity contribution in [3.8, 4) is 0 Å². The van der Waals surface area contributed by atoms with Gasteiger partial charge in [0.1, 0.15) is 17.6 Å². The third-order valence-electron chi connectivity index (χ3n) is 5.08. The van der Waals surface area contributed by atoms with Gasteiger partial charge < -0.3 is 20.5 Å². The molecule has 1 aliphatic heterocycles. The van der Waals surface area contributed by atoms with Crippen molar-refractivity contribution in [3.05, 3.63) is 41.9 Å². The van der Waals surface area contributed by atoms with E-state index in [4.69, 9.17) is 4.52 Å². The second kappa shape index (κ2) is 7.87. The molecule has 2 aromatic rings. The Morgan fingerprint density at radius 3 is 2.70 bits per heavy atom. The standard InChI is InChI=1S/C19H23N5O3/c25-18(14-11-15(27-24-14)12-4-5-12)23-17(13-6-9-20-10-7-13)19(26)22-16-3-1-2-8-21-16/h1-3,8,11-13,17,20H,4-7,9-10H2,(H,23,25)(H,21,22,26). The van der Waals surface area contributed by atoms with Crippen molar-refractivity contribution < 1.29 is 14.1 Å². The molecule has 1 saturated carbocycles. The van der Waals surface area contributed by atoms with E-state index in [1.54, 1.807) is 30.5 Å². The van der Waals surface area contributed by atoms with E-state index in [2.05, 4.69) is 26.1 Å². The van der Waals surface area contributed by atoms with Crippen LogP contribution in [0.1, 0.15) is 47.8 Å². The van der Waals surface area contributed by atoms with Crippen LogP contribution in [0.5, 0.6) is 0 Å². The van der Waals surface area contributed by atoms with Crippen molar-refractivity contribution in [2.75, 3.05) is 18.4 Å². The number of amides is 2. The molecule has 0 aromatic carbocycles. The Bertz CT molecular complexity index is 797. The van der Waals surface area contributed by atoms with Crippen molar-refractivity contribution in [2.45, 2.75) is 37.6 Å². The molecule has 1 unspecified atom stereocenters. The number of nitrogens with one attached hydrogen (secondary N) is 3. The lowest BCUT2D eigenvalue weighted by Gasteiger charge is -2.30. The number of pyridine rings is 1. The average molecular weight is 369 g/mol. The van der Waals surface area contributed by atoms with Crippen LogP contribution in [0.3, 0.4) is 0 Å². The third kappa shape index (κ3) is 4.33. The first-order chi connectivity index (χ1) is 13.2. The van der Waals surface area contributed by atoms with Crippen molar-refractivity contribution in [1.29, 1.82) is 0 Å². The smallest absolute Gasteiger partial charge is 0.274 e. The van der Waals surface area contributed by atoms with Gasteiger partial charge in [-0.1, -0.05) is 11.2 Å². The molecule has 8 heteroatoms. The highest BCUT2D eigenvalue weighted by Crippen LogP contribution is 2.40. The molecule has 3 heterocycles. The van der Waals surface area contributed by atoms with E-state index < -0.39 is 6.04 Å². The Kier molecular flexibility index (Phi) is 5.15. The van der Waals surface area contributed by atoms with Gasteiger partial charge in [0.05, 0.1) is 0 Å². The summed E-state index contributed by atoms with van der Waals surface area (Å²) in [5.41, 5.74) is 0.224. The van der Waals surface area contributed by atoms with Gasteiger partial charge in [0, 0.05) is 18.2 Å². The molecule has 4 rings (SSSR count). The Balaban J connectivity index is 1.47. The summed E-state index contributed by atoms with van der Waals surface area (Å²) in [7, 11) is 0. The zero-order valence-corrected chi connectivity index (χ0v) is 15.0. The van der Waals surface area contributed by atoms with Crippen LogP contribution >= 0.6 is 0 Å². The van der Waals surface area contributed by atoms with Gasteiger partial charge in [-0.2, -0.15) is 0 Å². The van der Waals surface area contributed by atoms with Crippen LogP contribution in [0, 0.1) is 5.92 Å². The van der Waals surface area contributed by atoms with E-state index in [1.807, 2.05) is 0 Å². The van der Waals surface area contributed by atoms with Crippen molar-refractivity contribution in [3.63, 3.8) is 0 Å². The van der Waals surface area contributed by atoms with Crippen LogP contribution < -0.4 is 16.0 Å². The van der Waals surface area contributed by atoms with Gasteiger partial charge in [-0.05, 0) is 56.8 Å². The first-order valence-electron chi connectivity index (χ1n) is 9.41. The van der Waals surface area contributed by atoms with Crippen molar-refractivity contribution in [1.82, 2.24) is 20.8 Å². The van der Waals surface area contributed by atoms with Gasteiger partial charge >= 0.3 is 0 Å². The molecule has 27 heavy (non-hydrogen) atoms. The van der Waals surface area contributed by atoms with Crippen molar-refractivity contribution >= 4 is 17.6 Å². The molecule has 1 aliphatic carbocycles. The number of carbonyl (C=O) groups is 2. The van der Waals surface area contributed by atoms with Crippen molar-refractivity contribution in [2.24, 2.45) is 5.92 Å². The molecule has 2 aliphatic rings. The summed E-state index contributed by atoms with van der Waals surface area (Å²) in [5.74, 6) is 0.996. The van der Waals surface area contributed by atoms with E-state index in [1.165, 1.54) is 0 Å². The molecule has 2 amide bonds. The number of hydrogen-bond donors (Lipinski definition) is 3. The van der Waals surface area contributed by atoms with Gasteiger partial charge in [0.15, 0.2) is 5.69 Å². The Labute approximate surface area is 157 Å². The topological polar surface area (TPSA) is 109 Å². The SMILES string of the molecule is O=C(NC(C(=O)Nc1ccccn1)C1CCNCC1)c1cc(C2CC2)on1. The Morgan fingerprint density at radius 1 is 1.19 bits per heavy atom. The van der Waals surface area contributed by atoms with E-state index in [0.29, 0.717) is 11.7 Å². The Hall–Kier alpha value is -2.74. The summed E-state index contributed by atoms with van der Waals surface area (Å²) in [4.78, 5) is 29.7. The normalized spacial score (nSPS) is 18.7. The average Bonchev–Trinajstić information content (AvgIpc) is 3.44. The molecule has 0 bridgehead atoms. The summed E-state index contributed by atoms with van der Waals surface area (Å²) in [6, 6.07) is 6.34. The van der Waals surface area contributed by atoms with E-state index in [9.17, 15) is 9.59 Å². The van der Waals surface area contributed by atoms with Gasteiger partial charge in [-0.15, -0.1) is 0 Å². The van der Waals surface area contributed by atoms with Crippen LogP contribution in [0.15, 0.2) is 35.0 Å². The van der Waals surface area contributed by atoms with Crippen LogP contribution in [0.4, 0.5) is 5.82 Å².